The molecule has 0 spiro atoms. The van der Waals surface area contributed by atoms with Gasteiger partial charge in [0, 0.05) is 28.7 Å². The standard InChI is InChI=1S/C19H16N4OS/c20-15-4-1-13(2-5-15)18-16-9-14(3-6-17(16)22-23-18)19(24)21-10-12-7-8-25-11-12/h1-9,11H,10,20H2,(H,21,24)(H,22,23). The first-order valence-electron chi connectivity index (χ1n) is 7.84. The molecule has 0 fully saturated rings. The number of carbonyl (C=O) groups excluding carboxylic acids is 1. The molecule has 0 aliphatic carbocycles. The molecular formula is C19H16N4OS. The van der Waals surface area contributed by atoms with Crippen LogP contribution in [0.1, 0.15) is 15.9 Å². The molecule has 1 amide bonds. The quantitative estimate of drug-likeness (QED) is 0.490. The number of fused-ring (bicyclic) bond motifs is 1. The summed E-state index contributed by atoms with van der Waals surface area (Å²) in [5.41, 5.74) is 10.8. The molecular weight excluding hydrogens is 332 g/mol. The number of nitrogens with two attached hydrogens (primary N) is 1. The first kappa shape index (κ1) is 15.4. The molecule has 25 heavy (non-hydrogen) atoms. The molecule has 4 aromatic rings. The Hall–Kier alpha value is -3.12. The van der Waals surface area contributed by atoms with E-state index in [1.54, 1.807) is 17.4 Å². The Morgan fingerprint density at radius 2 is 2.00 bits per heavy atom. The van der Waals surface area contributed by atoms with Crippen LogP contribution >= 0.6 is 11.3 Å². The summed E-state index contributed by atoms with van der Waals surface area (Å²) in [5.74, 6) is -0.0995. The van der Waals surface area contributed by atoms with Gasteiger partial charge in [0.15, 0.2) is 0 Å². The van der Waals surface area contributed by atoms with E-state index in [-0.39, 0.29) is 5.91 Å². The maximum atomic E-state index is 12.4. The van der Waals surface area contributed by atoms with Crippen molar-refractivity contribution in [1.29, 1.82) is 0 Å². The largest absolute Gasteiger partial charge is 0.399 e. The van der Waals surface area contributed by atoms with E-state index >= 15 is 0 Å². The minimum atomic E-state index is -0.0995. The number of nitrogen functional groups attached to an aromatic ring is 1. The Labute approximate surface area is 148 Å². The van der Waals surface area contributed by atoms with Gasteiger partial charge in [0.2, 0.25) is 0 Å². The van der Waals surface area contributed by atoms with Crippen LogP contribution in [0.25, 0.3) is 22.2 Å². The van der Waals surface area contributed by atoms with Gasteiger partial charge in [-0.2, -0.15) is 16.4 Å². The number of aromatic nitrogens is 2. The lowest BCUT2D eigenvalue weighted by atomic mass is 10.0. The van der Waals surface area contributed by atoms with Gasteiger partial charge in [-0.1, -0.05) is 12.1 Å². The van der Waals surface area contributed by atoms with E-state index in [0.717, 1.165) is 27.7 Å². The summed E-state index contributed by atoms with van der Waals surface area (Å²) in [6.45, 7) is 0.524. The fraction of sp³-hybridized carbons (Fsp3) is 0.0526. The Morgan fingerprint density at radius 1 is 1.16 bits per heavy atom. The van der Waals surface area contributed by atoms with Crippen molar-refractivity contribution in [2.24, 2.45) is 0 Å². The number of nitrogens with zero attached hydrogens (tertiary/aromatic N) is 1. The van der Waals surface area contributed by atoms with Gasteiger partial charge >= 0.3 is 0 Å². The third-order valence-corrected chi connectivity index (χ3v) is 4.77. The summed E-state index contributed by atoms with van der Waals surface area (Å²) >= 11 is 1.62. The second kappa shape index (κ2) is 6.41. The lowest BCUT2D eigenvalue weighted by Gasteiger charge is -2.05. The number of hydrogen-bond donors (Lipinski definition) is 3. The van der Waals surface area contributed by atoms with Gasteiger partial charge in [-0.05, 0) is 52.7 Å². The summed E-state index contributed by atoms with van der Waals surface area (Å²) in [6.07, 6.45) is 0. The average Bonchev–Trinajstić information content (AvgIpc) is 3.29. The highest BCUT2D eigenvalue weighted by Crippen LogP contribution is 2.27. The van der Waals surface area contributed by atoms with Crippen LogP contribution in [0, 0.1) is 0 Å². The van der Waals surface area contributed by atoms with Crippen LogP contribution in [0.15, 0.2) is 59.3 Å². The molecule has 4 rings (SSSR count). The van der Waals surface area contributed by atoms with Crippen LogP contribution in [-0.4, -0.2) is 16.1 Å². The highest BCUT2D eigenvalue weighted by Gasteiger charge is 2.12. The van der Waals surface area contributed by atoms with Crippen molar-refractivity contribution in [3.8, 4) is 11.3 Å². The Morgan fingerprint density at radius 3 is 2.76 bits per heavy atom. The molecule has 2 aromatic heterocycles. The number of benzene rings is 2. The minimum absolute atomic E-state index is 0.0995. The normalized spacial score (nSPS) is 10.9. The molecule has 6 heteroatoms. The van der Waals surface area contributed by atoms with E-state index in [0.29, 0.717) is 17.8 Å². The second-order valence-corrected chi connectivity index (χ2v) is 6.55. The van der Waals surface area contributed by atoms with Gasteiger partial charge in [0.05, 0.1) is 11.2 Å². The van der Waals surface area contributed by atoms with Crippen LogP contribution in [0.4, 0.5) is 5.69 Å². The molecule has 2 aromatic carbocycles. The highest BCUT2D eigenvalue weighted by atomic mass is 32.1. The van der Waals surface area contributed by atoms with Gasteiger partial charge in [-0.3, -0.25) is 9.89 Å². The summed E-state index contributed by atoms with van der Waals surface area (Å²) in [4.78, 5) is 12.4. The third kappa shape index (κ3) is 3.12. The summed E-state index contributed by atoms with van der Waals surface area (Å²) < 4.78 is 0. The van der Waals surface area contributed by atoms with Crippen LogP contribution in [0.2, 0.25) is 0 Å². The number of amides is 1. The molecule has 0 bridgehead atoms. The lowest BCUT2D eigenvalue weighted by molar-refractivity contribution is 0.0951. The van der Waals surface area contributed by atoms with Gasteiger partial charge in [-0.15, -0.1) is 0 Å². The second-order valence-electron chi connectivity index (χ2n) is 5.77. The fourth-order valence-electron chi connectivity index (χ4n) is 2.69. The lowest BCUT2D eigenvalue weighted by Crippen LogP contribution is -2.22. The number of rotatable bonds is 4. The van der Waals surface area contributed by atoms with E-state index in [1.165, 1.54) is 0 Å². The van der Waals surface area contributed by atoms with Crippen molar-refractivity contribution in [3.05, 3.63) is 70.4 Å². The van der Waals surface area contributed by atoms with Gasteiger partial charge in [-0.25, -0.2) is 0 Å². The molecule has 0 saturated heterocycles. The van der Waals surface area contributed by atoms with Crippen molar-refractivity contribution < 1.29 is 4.79 Å². The number of nitrogens with one attached hydrogen (secondary N) is 2. The predicted molar refractivity (Wildman–Crippen MR) is 101 cm³/mol. The van der Waals surface area contributed by atoms with Crippen molar-refractivity contribution in [3.63, 3.8) is 0 Å². The Bertz CT molecular complexity index is 1020. The number of aromatic amines is 1. The maximum absolute atomic E-state index is 12.4. The molecule has 124 valence electrons. The van der Waals surface area contributed by atoms with E-state index < -0.39 is 0 Å². The zero-order valence-corrected chi connectivity index (χ0v) is 14.1. The molecule has 0 saturated carbocycles. The van der Waals surface area contributed by atoms with Crippen molar-refractivity contribution in [2.45, 2.75) is 6.54 Å². The van der Waals surface area contributed by atoms with Crippen molar-refractivity contribution >= 4 is 33.8 Å². The van der Waals surface area contributed by atoms with E-state index in [4.69, 9.17) is 5.73 Å². The zero-order chi connectivity index (χ0) is 17.2. The topological polar surface area (TPSA) is 83.8 Å². The molecule has 0 radical (unpaired) electrons. The summed E-state index contributed by atoms with van der Waals surface area (Å²) in [5, 5.41) is 15.3. The fourth-order valence-corrected chi connectivity index (χ4v) is 3.36. The Kier molecular flexibility index (Phi) is 3.95. The van der Waals surface area contributed by atoms with Crippen molar-refractivity contribution in [1.82, 2.24) is 15.5 Å². The number of anilines is 1. The van der Waals surface area contributed by atoms with E-state index in [2.05, 4.69) is 15.5 Å². The number of carbonyl (C=O) groups is 1. The van der Waals surface area contributed by atoms with Gasteiger partial charge < -0.3 is 11.1 Å². The molecule has 0 aliphatic heterocycles. The first-order valence-corrected chi connectivity index (χ1v) is 8.78. The zero-order valence-electron chi connectivity index (χ0n) is 13.3. The van der Waals surface area contributed by atoms with Crippen LogP contribution in [0.5, 0.6) is 0 Å². The maximum Gasteiger partial charge on any atom is 0.251 e. The molecule has 0 aliphatic rings. The summed E-state index contributed by atoms with van der Waals surface area (Å²) in [7, 11) is 0. The molecule has 5 nitrogen and oxygen atoms in total. The van der Waals surface area contributed by atoms with E-state index in [1.807, 2.05) is 53.2 Å². The first-order chi connectivity index (χ1) is 12.2. The number of H-pyrrole nitrogens is 1. The third-order valence-electron chi connectivity index (χ3n) is 4.04. The number of thiophene rings is 1. The average molecular weight is 348 g/mol. The van der Waals surface area contributed by atoms with Gasteiger partial charge in [0.1, 0.15) is 0 Å². The predicted octanol–water partition coefficient (Wildman–Crippen LogP) is 3.80. The van der Waals surface area contributed by atoms with E-state index in [9.17, 15) is 4.79 Å². The SMILES string of the molecule is Nc1ccc(-c2n[nH]c3ccc(C(=O)NCc4ccsc4)cc23)cc1. The molecule has 0 atom stereocenters. The Balaban J connectivity index is 1.63. The molecule has 4 N–H and O–H groups in total. The van der Waals surface area contributed by atoms with Crippen LogP contribution in [0.3, 0.4) is 0 Å². The van der Waals surface area contributed by atoms with Crippen LogP contribution < -0.4 is 11.1 Å². The monoisotopic (exact) mass is 348 g/mol. The van der Waals surface area contributed by atoms with Crippen LogP contribution in [-0.2, 0) is 6.54 Å². The number of hydrogen-bond acceptors (Lipinski definition) is 4. The molecule has 0 unspecified atom stereocenters. The summed E-state index contributed by atoms with van der Waals surface area (Å²) in [6, 6.07) is 15.1. The molecule has 2 heterocycles. The van der Waals surface area contributed by atoms with Gasteiger partial charge in [0.25, 0.3) is 5.91 Å². The minimum Gasteiger partial charge on any atom is -0.399 e. The highest BCUT2D eigenvalue weighted by molar-refractivity contribution is 7.07. The van der Waals surface area contributed by atoms with Crippen molar-refractivity contribution in [2.75, 3.05) is 5.73 Å². The smallest absolute Gasteiger partial charge is 0.251 e.